The maximum Gasteiger partial charge on any atom is 0.250 e. The summed E-state index contributed by atoms with van der Waals surface area (Å²) in [4.78, 5) is 23.4. The van der Waals surface area contributed by atoms with E-state index in [1.54, 1.807) is 12.3 Å². The van der Waals surface area contributed by atoms with Gasteiger partial charge in [0.25, 0.3) is 5.56 Å². The molecule has 0 saturated carbocycles. The van der Waals surface area contributed by atoms with Crippen molar-refractivity contribution in [1.29, 1.82) is 0 Å². The molecule has 110 valence electrons. The Hall–Kier alpha value is -1.88. The summed E-state index contributed by atoms with van der Waals surface area (Å²) < 4.78 is 2.35. The zero-order valence-corrected chi connectivity index (χ0v) is 13.2. The van der Waals surface area contributed by atoms with E-state index in [4.69, 9.17) is 0 Å². The van der Waals surface area contributed by atoms with Gasteiger partial charge in [-0.2, -0.15) is 0 Å². The van der Waals surface area contributed by atoms with Gasteiger partial charge in [-0.25, -0.2) is 0 Å². The third kappa shape index (κ3) is 5.19. The summed E-state index contributed by atoms with van der Waals surface area (Å²) >= 11 is 3.31. The van der Waals surface area contributed by atoms with Crippen molar-refractivity contribution in [2.24, 2.45) is 0 Å². The fraction of sp³-hybridized carbons (Fsp3) is 0.250. The highest BCUT2D eigenvalue weighted by atomic mass is 79.9. The Kier molecular flexibility index (Phi) is 5.75. The van der Waals surface area contributed by atoms with Gasteiger partial charge in [0.05, 0.1) is 0 Å². The van der Waals surface area contributed by atoms with E-state index in [1.807, 2.05) is 30.3 Å². The molecule has 0 spiro atoms. The molecule has 4 nitrogen and oxygen atoms in total. The summed E-state index contributed by atoms with van der Waals surface area (Å²) in [5.74, 6) is -0.0437. The van der Waals surface area contributed by atoms with Crippen LogP contribution in [0.2, 0.25) is 0 Å². The molecule has 0 aliphatic carbocycles. The highest BCUT2D eigenvalue weighted by Crippen LogP contribution is 2.05. The van der Waals surface area contributed by atoms with Crippen molar-refractivity contribution < 1.29 is 4.79 Å². The number of amides is 1. The van der Waals surface area contributed by atoms with Gasteiger partial charge in [-0.1, -0.05) is 30.3 Å². The molecule has 0 aliphatic rings. The van der Waals surface area contributed by atoms with Gasteiger partial charge >= 0.3 is 0 Å². The average Bonchev–Trinajstić information content (AvgIpc) is 2.49. The van der Waals surface area contributed by atoms with Gasteiger partial charge in [0.1, 0.15) is 0 Å². The summed E-state index contributed by atoms with van der Waals surface area (Å²) in [6.07, 6.45) is 2.80. The molecular formula is C16H17BrN2O2. The van der Waals surface area contributed by atoms with Crippen LogP contribution >= 0.6 is 15.9 Å². The van der Waals surface area contributed by atoms with Crippen molar-refractivity contribution in [2.45, 2.75) is 19.4 Å². The van der Waals surface area contributed by atoms with Crippen molar-refractivity contribution in [3.05, 3.63) is 69.1 Å². The van der Waals surface area contributed by atoms with E-state index in [9.17, 15) is 9.59 Å². The second kappa shape index (κ2) is 7.78. The van der Waals surface area contributed by atoms with Crippen molar-refractivity contribution in [3.8, 4) is 0 Å². The summed E-state index contributed by atoms with van der Waals surface area (Å²) in [6.45, 7) is 0.992. The normalized spacial score (nSPS) is 10.3. The molecule has 1 N–H and O–H groups in total. The van der Waals surface area contributed by atoms with E-state index in [2.05, 4.69) is 21.2 Å². The Balaban J connectivity index is 1.75. The zero-order valence-electron chi connectivity index (χ0n) is 11.6. The van der Waals surface area contributed by atoms with Gasteiger partial charge in [0.2, 0.25) is 5.91 Å². The van der Waals surface area contributed by atoms with Crippen LogP contribution in [0.3, 0.4) is 0 Å². The van der Waals surface area contributed by atoms with Crippen LogP contribution in [0.15, 0.2) is 57.9 Å². The first-order chi connectivity index (χ1) is 10.1. The van der Waals surface area contributed by atoms with Gasteiger partial charge in [0.15, 0.2) is 0 Å². The van der Waals surface area contributed by atoms with Crippen molar-refractivity contribution in [3.63, 3.8) is 0 Å². The second-order valence-electron chi connectivity index (χ2n) is 4.71. The van der Waals surface area contributed by atoms with E-state index in [1.165, 1.54) is 16.2 Å². The first-order valence-electron chi connectivity index (χ1n) is 6.82. The standard InChI is InChI=1S/C16H17BrN2O2/c17-14-6-7-16(21)19(12-14)11-9-15(20)18-10-8-13-4-2-1-3-5-13/h1-7,12H,8-11H2,(H,18,20). The first kappa shape index (κ1) is 15.5. The SMILES string of the molecule is O=C(CCn1cc(Br)ccc1=O)NCCc1ccccc1. The topological polar surface area (TPSA) is 51.1 Å². The van der Waals surface area contributed by atoms with Crippen LogP contribution in [0.25, 0.3) is 0 Å². The highest BCUT2D eigenvalue weighted by molar-refractivity contribution is 9.10. The lowest BCUT2D eigenvalue weighted by atomic mass is 10.1. The van der Waals surface area contributed by atoms with Crippen LogP contribution < -0.4 is 10.9 Å². The van der Waals surface area contributed by atoms with Crippen LogP contribution in [0.1, 0.15) is 12.0 Å². The number of halogens is 1. The quantitative estimate of drug-likeness (QED) is 0.871. The number of carbonyl (C=O) groups is 1. The molecule has 0 saturated heterocycles. The molecule has 1 amide bonds. The largest absolute Gasteiger partial charge is 0.356 e. The van der Waals surface area contributed by atoms with E-state index >= 15 is 0 Å². The Labute approximate surface area is 131 Å². The van der Waals surface area contributed by atoms with E-state index < -0.39 is 0 Å². The molecule has 21 heavy (non-hydrogen) atoms. The van der Waals surface area contributed by atoms with Gasteiger partial charge in [-0.15, -0.1) is 0 Å². The van der Waals surface area contributed by atoms with Crippen molar-refractivity contribution in [2.75, 3.05) is 6.54 Å². The van der Waals surface area contributed by atoms with Crippen molar-refractivity contribution >= 4 is 21.8 Å². The average molecular weight is 349 g/mol. The third-order valence-electron chi connectivity index (χ3n) is 3.11. The molecule has 2 rings (SSSR count). The fourth-order valence-corrected chi connectivity index (χ4v) is 2.36. The fourth-order valence-electron chi connectivity index (χ4n) is 1.98. The summed E-state index contributed by atoms with van der Waals surface area (Å²) in [5.41, 5.74) is 1.09. The van der Waals surface area contributed by atoms with Gasteiger partial charge in [0, 0.05) is 36.2 Å². The Morgan fingerprint density at radius 3 is 2.67 bits per heavy atom. The van der Waals surface area contributed by atoms with Crippen LogP contribution in [0.4, 0.5) is 0 Å². The molecule has 0 fully saturated rings. The number of hydrogen-bond acceptors (Lipinski definition) is 2. The Morgan fingerprint density at radius 1 is 1.14 bits per heavy atom. The molecule has 1 heterocycles. The smallest absolute Gasteiger partial charge is 0.250 e. The van der Waals surface area contributed by atoms with E-state index in [0.29, 0.717) is 19.5 Å². The number of benzene rings is 1. The van der Waals surface area contributed by atoms with E-state index in [-0.39, 0.29) is 11.5 Å². The maximum absolute atomic E-state index is 11.8. The lowest BCUT2D eigenvalue weighted by molar-refractivity contribution is -0.121. The number of nitrogens with one attached hydrogen (secondary N) is 1. The molecule has 0 bridgehead atoms. The van der Waals surface area contributed by atoms with E-state index in [0.717, 1.165) is 10.9 Å². The molecule has 5 heteroatoms. The third-order valence-corrected chi connectivity index (χ3v) is 3.57. The summed E-state index contributed by atoms with van der Waals surface area (Å²) in [6, 6.07) is 13.2. The van der Waals surface area contributed by atoms with Gasteiger partial charge in [-0.3, -0.25) is 9.59 Å². The van der Waals surface area contributed by atoms with Crippen molar-refractivity contribution in [1.82, 2.24) is 9.88 Å². The lowest BCUT2D eigenvalue weighted by Crippen LogP contribution is -2.28. The summed E-state index contributed by atoms with van der Waals surface area (Å²) in [5, 5.41) is 2.87. The molecule has 0 unspecified atom stereocenters. The number of rotatable bonds is 6. The molecule has 1 aromatic carbocycles. The van der Waals surface area contributed by atoms with Gasteiger partial charge in [-0.05, 0) is 34.0 Å². The van der Waals surface area contributed by atoms with Crippen LogP contribution in [0, 0.1) is 0 Å². The zero-order chi connectivity index (χ0) is 15.1. The number of aryl methyl sites for hydroxylation is 1. The second-order valence-corrected chi connectivity index (χ2v) is 5.63. The monoisotopic (exact) mass is 348 g/mol. The molecule has 0 atom stereocenters. The molecule has 0 radical (unpaired) electrons. The van der Waals surface area contributed by atoms with Crippen LogP contribution in [-0.2, 0) is 17.8 Å². The Morgan fingerprint density at radius 2 is 1.90 bits per heavy atom. The van der Waals surface area contributed by atoms with Crippen LogP contribution in [-0.4, -0.2) is 17.0 Å². The van der Waals surface area contributed by atoms with Crippen LogP contribution in [0.5, 0.6) is 0 Å². The first-order valence-corrected chi connectivity index (χ1v) is 7.61. The Bertz CT molecular complexity index is 653. The summed E-state index contributed by atoms with van der Waals surface area (Å²) in [7, 11) is 0. The number of pyridine rings is 1. The minimum atomic E-state index is -0.102. The predicted molar refractivity (Wildman–Crippen MR) is 86.2 cm³/mol. The molecule has 2 aromatic rings. The van der Waals surface area contributed by atoms with Gasteiger partial charge < -0.3 is 9.88 Å². The molecular weight excluding hydrogens is 332 g/mol. The lowest BCUT2D eigenvalue weighted by Gasteiger charge is -2.07. The number of aromatic nitrogens is 1. The maximum atomic E-state index is 11.8. The number of carbonyl (C=O) groups excluding carboxylic acids is 1. The molecule has 0 aliphatic heterocycles. The molecule has 1 aromatic heterocycles. The number of hydrogen-bond donors (Lipinski definition) is 1. The number of nitrogens with zero attached hydrogens (tertiary/aromatic N) is 1. The predicted octanol–water partition coefficient (Wildman–Crippen LogP) is 2.36. The highest BCUT2D eigenvalue weighted by Gasteiger charge is 2.03. The minimum absolute atomic E-state index is 0.0437. The minimum Gasteiger partial charge on any atom is -0.356 e.